The largest absolute Gasteiger partial charge is 0.467 e. The number of rotatable bonds is 5. The van der Waals surface area contributed by atoms with Crippen LogP contribution in [0.2, 0.25) is 0 Å². The van der Waals surface area contributed by atoms with Gasteiger partial charge in [0.2, 0.25) is 5.95 Å². The molecule has 1 unspecified atom stereocenters. The molecule has 106 valence electrons. The quantitative estimate of drug-likeness (QED) is 0.835. The van der Waals surface area contributed by atoms with Crippen molar-refractivity contribution in [3.8, 4) is 12.0 Å². The monoisotopic (exact) mass is 267 g/mol. The third-order valence-corrected chi connectivity index (χ3v) is 3.33. The Bertz CT molecular complexity index is 391. The maximum atomic E-state index is 5.68. The smallest absolute Gasteiger partial charge is 0.324 e. The number of piperidine rings is 1. The standard InChI is InChI=1S/C12H21N5O2/c1-18-11-14-10(15-12(16-11)19-2)17-8-4-3-5-9(17)6-7-13/h9H,3-8,13H2,1-2H3. The molecule has 1 atom stereocenters. The Kier molecular flexibility index (Phi) is 4.73. The van der Waals surface area contributed by atoms with Gasteiger partial charge in [-0.2, -0.15) is 9.97 Å². The molecule has 1 aromatic rings. The fourth-order valence-electron chi connectivity index (χ4n) is 2.40. The van der Waals surface area contributed by atoms with Crippen LogP contribution in [0.4, 0.5) is 5.95 Å². The predicted molar refractivity (Wildman–Crippen MR) is 71.6 cm³/mol. The van der Waals surface area contributed by atoms with Crippen LogP contribution in [0.15, 0.2) is 0 Å². The molecule has 2 rings (SSSR count). The van der Waals surface area contributed by atoms with Gasteiger partial charge < -0.3 is 20.1 Å². The highest BCUT2D eigenvalue weighted by Crippen LogP contribution is 2.25. The Morgan fingerprint density at radius 3 is 2.42 bits per heavy atom. The van der Waals surface area contributed by atoms with Crippen molar-refractivity contribution in [3.63, 3.8) is 0 Å². The zero-order valence-corrected chi connectivity index (χ0v) is 11.5. The number of hydrogen-bond acceptors (Lipinski definition) is 7. The Balaban J connectivity index is 2.26. The minimum Gasteiger partial charge on any atom is -0.467 e. The van der Waals surface area contributed by atoms with E-state index in [1.807, 2.05) is 0 Å². The van der Waals surface area contributed by atoms with Gasteiger partial charge in [-0.05, 0) is 32.2 Å². The second-order valence-electron chi connectivity index (χ2n) is 4.53. The Morgan fingerprint density at radius 1 is 1.16 bits per heavy atom. The van der Waals surface area contributed by atoms with Crippen LogP contribution < -0.4 is 20.1 Å². The van der Waals surface area contributed by atoms with E-state index < -0.39 is 0 Å². The van der Waals surface area contributed by atoms with E-state index in [2.05, 4.69) is 19.9 Å². The van der Waals surface area contributed by atoms with E-state index in [9.17, 15) is 0 Å². The maximum absolute atomic E-state index is 5.68. The van der Waals surface area contributed by atoms with Gasteiger partial charge in [-0.1, -0.05) is 0 Å². The summed E-state index contributed by atoms with van der Waals surface area (Å²) in [5, 5.41) is 0. The van der Waals surface area contributed by atoms with Gasteiger partial charge in [0, 0.05) is 12.6 Å². The van der Waals surface area contributed by atoms with E-state index in [-0.39, 0.29) is 12.0 Å². The number of nitrogens with two attached hydrogens (primary N) is 1. The summed E-state index contributed by atoms with van der Waals surface area (Å²) in [7, 11) is 3.07. The lowest BCUT2D eigenvalue weighted by Crippen LogP contribution is -2.41. The van der Waals surface area contributed by atoms with Crippen molar-refractivity contribution in [1.82, 2.24) is 15.0 Å². The minimum atomic E-state index is 0.277. The Morgan fingerprint density at radius 2 is 1.84 bits per heavy atom. The van der Waals surface area contributed by atoms with E-state index in [4.69, 9.17) is 15.2 Å². The molecule has 2 N–H and O–H groups in total. The summed E-state index contributed by atoms with van der Waals surface area (Å²) in [6.45, 7) is 1.60. The summed E-state index contributed by atoms with van der Waals surface area (Å²) < 4.78 is 10.2. The normalized spacial score (nSPS) is 19.3. The van der Waals surface area contributed by atoms with Gasteiger partial charge >= 0.3 is 12.0 Å². The second-order valence-corrected chi connectivity index (χ2v) is 4.53. The van der Waals surface area contributed by atoms with Gasteiger partial charge in [0.05, 0.1) is 14.2 Å². The molecule has 0 spiro atoms. The molecule has 0 aromatic carbocycles. The van der Waals surface area contributed by atoms with Crippen LogP contribution in [-0.4, -0.2) is 48.3 Å². The number of ether oxygens (including phenoxy) is 2. The number of methoxy groups -OCH3 is 2. The topological polar surface area (TPSA) is 86.4 Å². The van der Waals surface area contributed by atoms with Crippen molar-refractivity contribution in [2.24, 2.45) is 5.73 Å². The van der Waals surface area contributed by atoms with Crippen molar-refractivity contribution >= 4 is 5.95 Å². The van der Waals surface area contributed by atoms with E-state index in [1.165, 1.54) is 20.6 Å². The van der Waals surface area contributed by atoms with Crippen LogP contribution in [0, 0.1) is 0 Å². The Labute approximate surface area is 113 Å². The summed E-state index contributed by atoms with van der Waals surface area (Å²) >= 11 is 0. The lowest BCUT2D eigenvalue weighted by atomic mass is 10.00. The third kappa shape index (κ3) is 3.23. The number of anilines is 1. The molecular weight excluding hydrogens is 246 g/mol. The molecule has 1 saturated heterocycles. The first kappa shape index (κ1) is 13.8. The SMILES string of the molecule is COc1nc(OC)nc(N2CCCCC2CCN)n1. The van der Waals surface area contributed by atoms with Gasteiger partial charge in [-0.3, -0.25) is 0 Å². The van der Waals surface area contributed by atoms with Crippen molar-refractivity contribution in [3.05, 3.63) is 0 Å². The molecule has 1 aromatic heterocycles. The summed E-state index contributed by atoms with van der Waals surface area (Å²) in [5.74, 6) is 0.613. The molecule has 1 aliphatic heterocycles. The van der Waals surface area contributed by atoms with Gasteiger partial charge in [0.25, 0.3) is 0 Å². The van der Waals surface area contributed by atoms with Gasteiger partial charge in [0.15, 0.2) is 0 Å². The fourth-order valence-corrected chi connectivity index (χ4v) is 2.40. The van der Waals surface area contributed by atoms with Gasteiger partial charge in [-0.15, -0.1) is 4.98 Å². The van der Waals surface area contributed by atoms with Crippen molar-refractivity contribution in [2.75, 3.05) is 32.2 Å². The highest BCUT2D eigenvalue weighted by atomic mass is 16.5. The van der Waals surface area contributed by atoms with E-state index >= 15 is 0 Å². The van der Waals surface area contributed by atoms with Crippen LogP contribution in [0.3, 0.4) is 0 Å². The third-order valence-electron chi connectivity index (χ3n) is 3.33. The predicted octanol–water partition coefficient (Wildman–Crippen LogP) is 0.597. The van der Waals surface area contributed by atoms with E-state index in [0.29, 0.717) is 18.5 Å². The lowest BCUT2D eigenvalue weighted by Gasteiger charge is -2.35. The number of aromatic nitrogens is 3. The van der Waals surface area contributed by atoms with Crippen LogP contribution in [0.25, 0.3) is 0 Å². The molecule has 2 heterocycles. The zero-order chi connectivity index (χ0) is 13.7. The molecule has 0 saturated carbocycles. The van der Waals surface area contributed by atoms with Crippen LogP contribution in [-0.2, 0) is 0 Å². The van der Waals surface area contributed by atoms with E-state index in [0.717, 1.165) is 25.8 Å². The Hall–Kier alpha value is -1.63. The first-order valence-corrected chi connectivity index (χ1v) is 6.59. The maximum Gasteiger partial charge on any atom is 0.324 e. The summed E-state index contributed by atoms with van der Waals surface area (Å²) in [5.41, 5.74) is 5.68. The van der Waals surface area contributed by atoms with Crippen LogP contribution in [0.1, 0.15) is 25.7 Å². The molecule has 0 amide bonds. The fraction of sp³-hybridized carbons (Fsp3) is 0.750. The molecule has 0 aliphatic carbocycles. The molecule has 0 bridgehead atoms. The summed E-state index contributed by atoms with van der Waals surface area (Å²) in [6, 6.07) is 0.938. The average Bonchev–Trinajstić information content (AvgIpc) is 2.47. The van der Waals surface area contributed by atoms with Crippen LogP contribution in [0.5, 0.6) is 12.0 Å². The van der Waals surface area contributed by atoms with Crippen molar-refractivity contribution in [1.29, 1.82) is 0 Å². The lowest BCUT2D eigenvalue weighted by molar-refractivity contribution is 0.336. The molecular formula is C12H21N5O2. The highest BCUT2D eigenvalue weighted by molar-refractivity contribution is 5.34. The molecule has 7 nitrogen and oxygen atoms in total. The van der Waals surface area contributed by atoms with Crippen molar-refractivity contribution in [2.45, 2.75) is 31.7 Å². The summed E-state index contributed by atoms with van der Waals surface area (Å²) in [4.78, 5) is 14.8. The molecule has 0 radical (unpaired) electrons. The number of hydrogen-bond donors (Lipinski definition) is 1. The van der Waals surface area contributed by atoms with Gasteiger partial charge in [-0.25, -0.2) is 0 Å². The first-order valence-electron chi connectivity index (χ1n) is 6.59. The zero-order valence-electron chi connectivity index (χ0n) is 11.5. The molecule has 1 aliphatic rings. The second kappa shape index (κ2) is 6.51. The van der Waals surface area contributed by atoms with E-state index in [1.54, 1.807) is 0 Å². The number of nitrogens with zero attached hydrogens (tertiary/aromatic N) is 4. The van der Waals surface area contributed by atoms with Crippen LogP contribution >= 0.6 is 0 Å². The highest BCUT2D eigenvalue weighted by Gasteiger charge is 2.25. The average molecular weight is 267 g/mol. The minimum absolute atomic E-state index is 0.277. The first-order chi connectivity index (χ1) is 9.28. The van der Waals surface area contributed by atoms with Crippen molar-refractivity contribution < 1.29 is 9.47 Å². The molecule has 1 fully saturated rings. The van der Waals surface area contributed by atoms with Gasteiger partial charge in [0.1, 0.15) is 0 Å². The summed E-state index contributed by atoms with van der Waals surface area (Å²) in [6.07, 6.45) is 4.42. The molecule has 19 heavy (non-hydrogen) atoms. The molecule has 7 heteroatoms.